The Labute approximate surface area is 116 Å². The fourth-order valence-corrected chi connectivity index (χ4v) is 2.27. The third-order valence-electron chi connectivity index (χ3n) is 3.03. The number of rotatable bonds is 5. The van der Waals surface area contributed by atoms with Gasteiger partial charge in [-0.3, -0.25) is 9.59 Å². The average molecular weight is 289 g/mol. The van der Waals surface area contributed by atoms with Gasteiger partial charge in [0.15, 0.2) is 0 Å². The first-order valence-electron chi connectivity index (χ1n) is 6.08. The smallest absolute Gasteiger partial charge is 0.327 e. The van der Waals surface area contributed by atoms with Gasteiger partial charge in [0.05, 0.1) is 6.04 Å². The van der Waals surface area contributed by atoms with Crippen LogP contribution in [0.2, 0.25) is 0 Å². The van der Waals surface area contributed by atoms with Crippen molar-refractivity contribution in [2.24, 2.45) is 5.73 Å². The van der Waals surface area contributed by atoms with Crippen molar-refractivity contribution >= 4 is 30.4 Å². The number of thiol groups is 1. The van der Waals surface area contributed by atoms with Crippen LogP contribution in [0.3, 0.4) is 0 Å². The molecule has 19 heavy (non-hydrogen) atoms. The Morgan fingerprint density at radius 3 is 2.63 bits per heavy atom. The van der Waals surface area contributed by atoms with Crippen molar-refractivity contribution in [2.75, 3.05) is 12.3 Å². The van der Waals surface area contributed by atoms with E-state index in [1.807, 2.05) is 0 Å². The Kier molecular flexibility index (Phi) is 5.61. The van der Waals surface area contributed by atoms with Gasteiger partial charge in [0.25, 0.3) is 0 Å². The second-order valence-corrected chi connectivity index (χ2v) is 4.93. The monoisotopic (exact) mass is 289 g/mol. The van der Waals surface area contributed by atoms with Gasteiger partial charge in [0.2, 0.25) is 11.8 Å². The van der Waals surface area contributed by atoms with Gasteiger partial charge in [0.1, 0.15) is 12.1 Å². The summed E-state index contributed by atoms with van der Waals surface area (Å²) in [5.74, 6) is -1.91. The molecule has 0 aromatic rings. The summed E-state index contributed by atoms with van der Waals surface area (Å²) >= 11 is 3.87. The van der Waals surface area contributed by atoms with E-state index in [1.54, 1.807) is 6.92 Å². The Bertz CT molecular complexity index is 375. The predicted molar refractivity (Wildman–Crippen MR) is 71.8 cm³/mol. The van der Waals surface area contributed by atoms with Gasteiger partial charge in [-0.05, 0) is 19.8 Å². The van der Waals surface area contributed by atoms with E-state index in [2.05, 4.69) is 17.9 Å². The van der Waals surface area contributed by atoms with Gasteiger partial charge in [-0.1, -0.05) is 0 Å². The van der Waals surface area contributed by atoms with Crippen LogP contribution in [0, 0.1) is 0 Å². The lowest BCUT2D eigenvalue weighted by Crippen LogP contribution is -2.53. The molecule has 1 aliphatic heterocycles. The van der Waals surface area contributed by atoms with Crippen molar-refractivity contribution in [1.82, 2.24) is 10.2 Å². The first-order chi connectivity index (χ1) is 8.88. The molecule has 8 heteroatoms. The maximum absolute atomic E-state index is 12.0. The molecule has 0 bridgehead atoms. The number of carboxylic acids is 1. The molecule has 0 aromatic heterocycles. The fraction of sp³-hybridized carbons (Fsp3) is 0.727. The highest BCUT2D eigenvalue weighted by Crippen LogP contribution is 2.18. The number of carbonyl (C=O) groups excluding carboxylic acids is 2. The second-order valence-electron chi connectivity index (χ2n) is 4.56. The minimum absolute atomic E-state index is 0.00493. The van der Waals surface area contributed by atoms with Crippen LogP contribution in [-0.4, -0.2) is 58.2 Å². The van der Waals surface area contributed by atoms with E-state index in [0.717, 1.165) is 0 Å². The molecule has 0 radical (unpaired) electrons. The van der Waals surface area contributed by atoms with Crippen LogP contribution in [-0.2, 0) is 14.4 Å². The molecule has 4 N–H and O–H groups in total. The summed E-state index contributed by atoms with van der Waals surface area (Å²) in [6, 6.07) is -2.36. The van der Waals surface area contributed by atoms with E-state index in [1.165, 1.54) is 4.90 Å². The third-order valence-corrected chi connectivity index (χ3v) is 3.39. The van der Waals surface area contributed by atoms with Crippen LogP contribution in [0.25, 0.3) is 0 Å². The largest absolute Gasteiger partial charge is 0.480 e. The summed E-state index contributed by atoms with van der Waals surface area (Å²) < 4.78 is 0. The van der Waals surface area contributed by atoms with Gasteiger partial charge >= 0.3 is 5.97 Å². The van der Waals surface area contributed by atoms with Crippen LogP contribution >= 0.6 is 12.6 Å². The normalized spacial score (nSPS) is 21.8. The number of hydrogen-bond donors (Lipinski definition) is 4. The number of carbonyl (C=O) groups is 3. The molecule has 7 nitrogen and oxygen atoms in total. The average Bonchev–Trinajstić information content (AvgIpc) is 2.83. The first kappa shape index (κ1) is 15.8. The van der Waals surface area contributed by atoms with Crippen molar-refractivity contribution in [3.8, 4) is 0 Å². The second kappa shape index (κ2) is 6.76. The highest BCUT2D eigenvalue weighted by Gasteiger charge is 2.36. The fourth-order valence-electron chi connectivity index (χ4n) is 2.02. The molecule has 108 valence electrons. The zero-order chi connectivity index (χ0) is 14.6. The number of carboxylic acid groups (broad SMARTS) is 1. The van der Waals surface area contributed by atoms with E-state index in [-0.39, 0.29) is 11.7 Å². The molecule has 1 aliphatic rings. The lowest BCUT2D eigenvalue weighted by atomic mass is 10.1. The summed E-state index contributed by atoms with van der Waals surface area (Å²) in [5.41, 5.74) is 5.52. The molecule has 1 saturated heterocycles. The Hall–Kier alpha value is -1.28. The van der Waals surface area contributed by atoms with Crippen LogP contribution in [0.1, 0.15) is 19.8 Å². The minimum atomic E-state index is -1.15. The number of nitrogens with two attached hydrogens (primary N) is 1. The summed E-state index contributed by atoms with van der Waals surface area (Å²) in [5, 5.41) is 11.2. The van der Waals surface area contributed by atoms with E-state index >= 15 is 0 Å². The van der Waals surface area contributed by atoms with Gasteiger partial charge in [0, 0.05) is 12.3 Å². The molecular weight excluding hydrogens is 270 g/mol. The maximum Gasteiger partial charge on any atom is 0.327 e. The Balaban J connectivity index is 2.70. The number of nitrogens with zero attached hydrogens (tertiary/aromatic N) is 1. The molecule has 2 amide bonds. The number of likely N-dealkylation sites (tertiary alicyclic amines) is 1. The first-order valence-corrected chi connectivity index (χ1v) is 6.71. The molecule has 0 aliphatic carbocycles. The van der Waals surface area contributed by atoms with Crippen molar-refractivity contribution < 1.29 is 19.5 Å². The Morgan fingerprint density at radius 2 is 2.16 bits per heavy atom. The van der Waals surface area contributed by atoms with E-state index < -0.39 is 30.0 Å². The maximum atomic E-state index is 12.0. The molecule has 0 aromatic carbocycles. The summed E-state index contributed by atoms with van der Waals surface area (Å²) in [6.45, 7) is 2.03. The zero-order valence-electron chi connectivity index (χ0n) is 10.7. The molecule has 0 spiro atoms. The number of amides is 2. The number of nitrogens with one attached hydrogen (secondary N) is 1. The van der Waals surface area contributed by atoms with Gasteiger partial charge < -0.3 is 21.1 Å². The molecule has 0 saturated carbocycles. The lowest BCUT2D eigenvalue weighted by Gasteiger charge is -2.26. The zero-order valence-corrected chi connectivity index (χ0v) is 11.6. The third kappa shape index (κ3) is 3.84. The SMILES string of the molecule is C[C@H](N)C(=O)N1CCC[C@H]1C(=O)N[C@@H](CS)C(=O)O. The topological polar surface area (TPSA) is 113 Å². The van der Waals surface area contributed by atoms with E-state index in [0.29, 0.717) is 19.4 Å². The van der Waals surface area contributed by atoms with Gasteiger partial charge in [-0.25, -0.2) is 4.79 Å². The molecule has 1 fully saturated rings. The number of aliphatic carboxylic acids is 1. The van der Waals surface area contributed by atoms with Crippen molar-refractivity contribution in [2.45, 2.75) is 37.9 Å². The Morgan fingerprint density at radius 1 is 1.53 bits per heavy atom. The van der Waals surface area contributed by atoms with Crippen LogP contribution in [0.15, 0.2) is 0 Å². The number of hydrogen-bond acceptors (Lipinski definition) is 5. The van der Waals surface area contributed by atoms with Crippen molar-refractivity contribution in [3.05, 3.63) is 0 Å². The predicted octanol–water partition coefficient (Wildman–Crippen LogP) is -1.18. The van der Waals surface area contributed by atoms with Crippen molar-refractivity contribution in [3.63, 3.8) is 0 Å². The summed E-state index contributed by atoms with van der Waals surface area (Å²) in [4.78, 5) is 36.1. The molecule has 1 rings (SSSR count). The molecule has 1 heterocycles. The highest BCUT2D eigenvalue weighted by molar-refractivity contribution is 7.80. The molecule has 3 atom stereocenters. The lowest BCUT2D eigenvalue weighted by molar-refractivity contribution is -0.143. The molecule has 0 unspecified atom stereocenters. The van der Waals surface area contributed by atoms with E-state index in [9.17, 15) is 14.4 Å². The van der Waals surface area contributed by atoms with Crippen LogP contribution < -0.4 is 11.1 Å². The quantitative estimate of drug-likeness (QED) is 0.476. The van der Waals surface area contributed by atoms with Gasteiger partial charge in [-0.2, -0.15) is 12.6 Å². The summed E-state index contributed by atoms with van der Waals surface area (Å²) in [6.07, 6.45) is 1.22. The van der Waals surface area contributed by atoms with Crippen molar-refractivity contribution in [1.29, 1.82) is 0 Å². The van der Waals surface area contributed by atoms with E-state index in [4.69, 9.17) is 10.8 Å². The minimum Gasteiger partial charge on any atom is -0.480 e. The van der Waals surface area contributed by atoms with Gasteiger partial charge in [-0.15, -0.1) is 0 Å². The summed E-state index contributed by atoms with van der Waals surface area (Å²) in [7, 11) is 0. The van der Waals surface area contributed by atoms with Crippen LogP contribution in [0.5, 0.6) is 0 Å². The van der Waals surface area contributed by atoms with Crippen LogP contribution in [0.4, 0.5) is 0 Å². The highest BCUT2D eigenvalue weighted by atomic mass is 32.1. The molecular formula is C11H19N3O4S. The standard InChI is InChI=1S/C11H19N3O4S/c1-6(12)10(16)14-4-2-3-8(14)9(15)13-7(5-19)11(17)18/h6-8,19H,2-5,12H2,1H3,(H,13,15)(H,17,18)/t6-,7-,8-/m0/s1.